The Labute approximate surface area is 180 Å². The van der Waals surface area contributed by atoms with E-state index in [0.29, 0.717) is 28.6 Å². The highest BCUT2D eigenvalue weighted by Gasteiger charge is 2.25. The minimum atomic E-state index is -0.186. The molecule has 0 spiro atoms. The van der Waals surface area contributed by atoms with Crippen molar-refractivity contribution in [3.63, 3.8) is 0 Å². The molecule has 2 aromatic heterocycles. The third-order valence-corrected chi connectivity index (χ3v) is 5.73. The highest BCUT2D eigenvalue weighted by molar-refractivity contribution is 6.31. The molecule has 0 aliphatic heterocycles. The molecule has 0 radical (unpaired) electrons. The van der Waals surface area contributed by atoms with Crippen molar-refractivity contribution in [2.45, 2.75) is 32.6 Å². The van der Waals surface area contributed by atoms with E-state index in [1.54, 1.807) is 6.92 Å². The first-order valence-corrected chi connectivity index (χ1v) is 10.4. The molecule has 0 aliphatic rings. The maximum Gasteiger partial charge on any atom is 0.256 e. The van der Waals surface area contributed by atoms with Crippen LogP contribution in [0.1, 0.15) is 58.6 Å². The van der Waals surface area contributed by atoms with Gasteiger partial charge in [-0.2, -0.15) is 0 Å². The summed E-state index contributed by atoms with van der Waals surface area (Å²) < 4.78 is 5.38. The molecule has 0 fully saturated rings. The predicted molar refractivity (Wildman–Crippen MR) is 119 cm³/mol. The molecule has 30 heavy (non-hydrogen) atoms. The first kappa shape index (κ1) is 20.2. The number of carbonyl (C=O) groups excluding carboxylic acids is 1. The second-order valence-electron chi connectivity index (χ2n) is 7.74. The number of nitrogens with one attached hydrogen (secondary N) is 2. The van der Waals surface area contributed by atoms with Crippen molar-refractivity contribution in [2.75, 3.05) is 6.54 Å². The molecule has 2 aromatic carbocycles. The van der Waals surface area contributed by atoms with Gasteiger partial charge in [-0.3, -0.25) is 4.79 Å². The van der Waals surface area contributed by atoms with E-state index >= 15 is 0 Å². The number of carbonyl (C=O) groups is 1. The molecule has 4 aromatic rings. The minimum absolute atomic E-state index is 0.0694. The first-order valence-electron chi connectivity index (χ1n) is 10.0. The Morgan fingerprint density at radius 2 is 1.87 bits per heavy atom. The highest BCUT2D eigenvalue weighted by atomic mass is 35.5. The second-order valence-corrected chi connectivity index (χ2v) is 8.14. The van der Waals surface area contributed by atoms with Gasteiger partial charge in [0.05, 0.1) is 5.69 Å². The molecule has 154 valence electrons. The van der Waals surface area contributed by atoms with E-state index < -0.39 is 0 Å². The number of aromatic amines is 1. The Hall–Kier alpha value is -3.05. The molecule has 0 bridgehead atoms. The molecule has 4 rings (SSSR count). The van der Waals surface area contributed by atoms with Gasteiger partial charge in [0, 0.05) is 40.5 Å². The van der Waals surface area contributed by atoms with Crippen LogP contribution in [-0.4, -0.2) is 22.6 Å². The van der Waals surface area contributed by atoms with Crippen LogP contribution < -0.4 is 5.32 Å². The normalized spacial score (nSPS) is 12.4. The molecular weight excluding hydrogens is 398 g/mol. The van der Waals surface area contributed by atoms with E-state index in [-0.39, 0.29) is 17.7 Å². The van der Waals surface area contributed by atoms with Gasteiger partial charge < -0.3 is 14.8 Å². The fourth-order valence-corrected chi connectivity index (χ4v) is 4.14. The molecular formula is C24H24ClN3O2. The monoisotopic (exact) mass is 421 g/mol. The molecule has 0 saturated carbocycles. The van der Waals surface area contributed by atoms with Crippen molar-refractivity contribution >= 4 is 28.4 Å². The Balaban J connectivity index is 1.69. The number of aromatic nitrogens is 2. The molecule has 6 heteroatoms. The zero-order valence-electron chi connectivity index (χ0n) is 17.2. The van der Waals surface area contributed by atoms with Gasteiger partial charge in [-0.1, -0.05) is 67.0 Å². The van der Waals surface area contributed by atoms with Gasteiger partial charge in [-0.05, 0) is 30.2 Å². The number of para-hydroxylation sites is 1. The van der Waals surface area contributed by atoms with Crippen molar-refractivity contribution in [1.29, 1.82) is 0 Å². The molecule has 1 atom stereocenters. The Kier molecular flexibility index (Phi) is 5.64. The van der Waals surface area contributed by atoms with Crippen molar-refractivity contribution in [1.82, 2.24) is 15.5 Å². The Morgan fingerprint density at radius 3 is 2.63 bits per heavy atom. The van der Waals surface area contributed by atoms with Crippen LogP contribution in [0.15, 0.2) is 59.3 Å². The largest absolute Gasteiger partial charge is 0.361 e. The van der Waals surface area contributed by atoms with Crippen LogP contribution in [0, 0.1) is 6.92 Å². The summed E-state index contributed by atoms with van der Waals surface area (Å²) in [4.78, 5) is 16.4. The van der Waals surface area contributed by atoms with Gasteiger partial charge in [-0.25, -0.2) is 0 Å². The van der Waals surface area contributed by atoms with E-state index in [9.17, 15) is 4.79 Å². The molecule has 2 N–H and O–H groups in total. The molecule has 1 amide bonds. The van der Waals surface area contributed by atoms with Crippen LogP contribution in [0.25, 0.3) is 10.9 Å². The quantitative estimate of drug-likeness (QED) is 0.413. The van der Waals surface area contributed by atoms with Gasteiger partial charge in [0.25, 0.3) is 5.91 Å². The van der Waals surface area contributed by atoms with Crippen molar-refractivity contribution in [3.05, 3.63) is 87.9 Å². The molecule has 0 aliphatic carbocycles. The Bertz CT molecular complexity index is 1190. The number of hydrogen-bond donors (Lipinski definition) is 2. The zero-order valence-corrected chi connectivity index (χ0v) is 18.0. The third-order valence-electron chi connectivity index (χ3n) is 5.38. The average Bonchev–Trinajstić information content (AvgIpc) is 3.33. The summed E-state index contributed by atoms with van der Waals surface area (Å²) in [7, 11) is 0. The van der Waals surface area contributed by atoms with Crippen molar-refractivity contribution < 1.29 is 9.32 Å². The third kappa shape index (κ3) is 3.73. The summed E-state index contributed by atoms with van der Waals surface area (Å²) in [6, 6.07) is 15.9. The van der Waals surface area contributed by atoms with Crippen LogP contribution >= 0.6 is 11.6 Å². The number of hydrogen-bond acceptors (Lipinski definition) is 3. The minimum Gasteiger partial charge on any atom is -0.361 e. The molecule has 0 saturated heterocycles. The smallest absolute Gasteiger partial charge is 0.256 e. The lowest BCUT2D eigenvalue weighted by Gasteiger charge is -2.19. The molecule has 2 heterocycles. The summed E-state index contributed by atoms with van der Waals surface area (Å²) >= 11 is 6.55. The van der Waals surface area contributed by atoms with Crippen molar-refractivity contribution in [2.24, 2.45) is 0 Å². The summed E-state index contributed by atoms with van der Waals surface area (Å²) in [5, 5.41) is 8.86. The summed E-state index contributed by atoms with van der Waals surface area (Å²) in [5.41, 5.74) is 4.22. The van der Waals surface area contributed by atoms with Gasteiger partial charge in [0.1, 0.15) is 5.56 Å². The maximum atomic E-state index is 13.1. The van der Waals surface area contributed by atoms with E-state index in [1.165, 1.54) is 0 Å². The van der Waals surface area contributed by atoms with Gasteiger partial charge >= 0.3 is 0 Å². The first-order chi connectivity index (χ1) is 14.5. The second kappa shape index (κ2) is 8.36. The summed E-state index contributed by atoms with van der Waals surface area (Å²) in [6.07, 6.45) is 2.00. The van der Waals surface area contributed by atoms with Gasteiger partial charge in [0.2, 0.25) is 0 Å². The number of benzene rings is 2. The number of H-pyrrole nitrogens is 1. The van der Waals surface area contributed by atoms with Crippen molar-refractivity contribution in [3.8, 4) is 0 Å². The van der Waals surface area contributed by atoms with Crippen LogP contribution in [0.3, 0.4) is 0 Å². The van der Waals surface area contributed by atoms with E-state index in [4.69, 9.17) is 16.1 Å². The summed E-state index contributed by atoms with van der Waals surface area (Å²) in [5.74, 6) is 0.377. The Morgan fingerprint density at radius 1 is 1.13 bits per heavy atom. The number of halogens is 1. The van der Waals surface area contributed by atoms with E-state index in [0.717, 1.165) is 22.0 Å². The number of aryl methyl sites for hydroxylation is 1. The van der Waals surface area contributed by atoms with Crippen LogP contribution in [0.2, 0.25) is 5.02 Å². The lowest BCUT2D eigenvalue weighted by molar-refractivity contribution is 0.0949. The number of nitrogens with zero attached hydrogens (tertiary/aromatic N) is 1. The van der Waals surface area contributed by atoms with Crippen LogP contribution in [0.4, 0.5) is 0 Å². The van der Waals surface area contributed by atoms with Gasteiger partial charge in [-0.15, -0.1) is 0 Å². The predicted octanol–water partition coefficient (Wildman–Crippen LogP) is 5.80. The highest BCUT2D eigenvalue weighted by Crippen LogP contribution is 2.34. The maximum absolute atomic E-state index is 13.1. The fraction of sp³-hybridized carbons (Fsp3) is 0.250. The van der Waals surface area contributed by atoms with E-state index in [1.807, 2.05) is 62.5 Å². The number of rotatable bonds is 6. The lowest BCUT2D eigenvalue weighted by atomic mass is 9.90. The fourth-order valence-electron chi connectivity index (χ4n) is 3.87. The van der Waals surface area contributed by atoms with E-state index in [2.05, 4.69) is 21.5 Å². The number of amides is 1. The zero-order chi connectivity index (χ0) is 21.3. The number of fused-ring (bicyclic) bond motifs is 1. The van der Waals surface area contributed by atoms with Crippen LogP contribution in [0.5, 0.6) is 0 Å². The average molecular weight is 422 g/mol. The van der Waals surface area contributed by atoms with Crippen LogP contribution in [-0.2, 0) is 0 Å². The lowest BCUT2D eigenvalue weighted by Crippen LogP contribution is -2.30. The molecule has 0 unspecified atom stereocenters. The molecule has 5 nitrogen and oxygen atoms in total. The summed E-state index contributed by atoms with van der Waals surface area (Å²) in [6.45, 7) is 6.15. The van der Waals surface area contributed by atoms with Gasteiger partial charge in [0.15, 0.2) is 5.76 Å². The standard InChI is InChI=1S/C24H24ClN3O2/c1-14(2)23-22(15(3)28-30-23)24(29)27-13-18(16-8-4-6-10-20(16)25)19-12-26-21-11-7-5-9-17(19)21/h4-12,14,18,26H,13H2,1-3H3,(H,27,29)/t18-/m1/s1. The SMILES string of the molecule is Cc1noc(C(C)C)c1C(=O)NC[C@H](c1ccccc1Cl)c1c[nH]c2ccccc12. The topological polar surface area (TPSA) is 70.9 Å².